The monoisotopic (exact) mass is 368 g/mol. The van der Waals surface area contributed by atoms with E-state index in [-0.39, 0.29) is 41.6 Å². The van der Waals surface area contributed by atoms with Gasteiger partial charge in [-0.2, -0.15) is 0 Å². The summed E-state index contributed by atoms with van der Waals surface area (Å²) in [4.78, 5) is 45.1. The molecule has 7 nitrogen and oxygen atoms in total. The molecule has 0 radical (unpaired) electrons. The van der Waals surface area contributed by atoms with Crippen LogP contribution in [0.5, 0.6) is 0 Å². The zero-order valence-corrected chi connectivity index (χ0v) is 14.3. The normalized spacial score (nSPS) is 14.7. The van der Waals surface area contributed by atoms with E-state index in [0.29, 0.717) is 0 Å². The maximum absolute atomic E-state index is 11.9. The van der Waals surface area contributed by atoms with E-state index in [9.17, 15) is 14.4 Å². The van der Waals surface area contributed by atoms with Gasteiger partial charge in [-0.05, 0) is 11.4 Å². The largest absolute Gasteiger partial charge is 0.354 e. The number of fused-ring (bicyclic) bond motifs is 1. The highest BCUT2D eigenvalue weighted by atomic mass is 32.2. The number of thiophene rings is 1. The van der Waals surface area contributed by atoms with Gasteiger partial charge in [0, 0.05) is 18.5 Å². The summed E-state index contributed by atoms with van der Waals surface area (Å²) in [6, 6.07) is 1.93. The SMILES string of the molecule is O=C(CSc1ncnc2sccc12)NCCN1C(=O)CSC1=O. The number of rotatable bonds is 6. The number of hydrogen-bond acceptors (Lipinski definition) is 8. The van der Waals surface area contributed by atoms with Gasteiger partial charge in [-0.25, -0.2) is 9.97 Å². The first-order chi connectivity index (χ1) is 11.1. The van der Waals surface area contributed by atoms with Crippen LogP contribution >= 0.6 is 34.9 Å². The summed E-state index contributed by atoms with van der Waals surface area (Å²) >= 11 is 3.86. The number of amides is 3. The van der Waals surface area contributed by atoms with Crippen LogP contribution in [0.4, 0.5) is 4.79 Å². The highest BCUT2D eigenvalue weighted by Crippen LogP contribution is 2.27. The highest BCUT2D eigenvalue weighted by Gasteiger charge is 2.29. The molecule has 2 aromatic heterocycles. The van der Waals surface area contributed by atoms with Gasteiger partial charge < -0.3 is 5.32 Å². The molecule has 0 unspecified atom stereocenters. The Morgan fingerprint density at radius 1 is 1.39 bits per heavy atom. The fraction of sp³-hybridized carbons (Fsp3) is 0.308. The second-order valence-corrected chi connectivity index (χ2v) is 7.34. The Bertz CT molecular complexity index is 748. The lowest BCUT2D eigenvalue weighted by molar-refractivity contribution is -0.125. The molecule has 1 aliphatic heterocycles. The van der Waals surface area contributed by atoms with Crippen LogP contribution < -0.4 is 5.32 Å². The van der Waals surface area contributed by atoms with Crippen LogP contribution in [-0.2, 0) is 9.59 Å². The molecule has 3 heterocycles. The first kappa shape index (κ1) is 16.2. The fourth-order valence-corrected chi connectivity index (χ4v) is 4.33. The summed E-state index contributed by atoms with van der Waals surface area (Å²) in [5.74, 6) is 0.0409. The zero-order valence-electron chi connectivity index (χ0n) is 11.9. The molecule has 0 aromatic carbocycles. The predicted molar refractivity (Wildman–Crippen MR) is 90.7 cm³/mol. The molecule has 3 rings (SSSR count). The summed E-state index contributed by atoms with van der Waals surface area (Å²) in [6.45, 7) is 0.471. The number of aromatic nitrogens is 2. The van der Waals surface area contributed by atoms with Crippen LogP contribution in [0.3, 0.4) is 0 Å². The predicted octanol–water partition coefficient (Wildman–Crippen LogP) is 1.59. The third kappa shape index (κ3) is 3.82. The van der Waals surface area contributed by atoms with Crippen molar-refractivity contribution in [3.63, 3.8) is 0 Å². The molecule has 120 valence electrons. The first-order valence-corrected chi connectivity index (χ1v) is 9.55. The van der Waals surface area contributed by atoms with Crippen molar-refractivity contribution in [2.24, 2.45) is 0 Å². The molecule has 10 heteroatoms. The van der Waals surface area contributed by atoms with E-state index in [2.05, 4.69) is 15.3 Å². The number of hydrogen-bond donors (Lipinski definition) is 1. The minimum Gasteiger partial charge on any atom is -0.354 e. The van der Waals surface area contributed by atoms with E-state index in [1.165, 1.54) is 29.4 Å². The number of thioether (sulfide) groups is 2. The molecule has 1 aliphatic rings. The summed E-state index contributed by atoms with van der Waals surface area (Å²) < 4.78 is 0. The maximum atomic E-state index is 11.9. The third-order valence-electron chi connectivity index (χ3n) is 3.06. The van der Waals surface area contributed by atoms with E-state index in [4.69, 9.17) is 0 Å². The molecule has 0 spiro atoms. The molecule has 0 saturated carbocycles. The summed E-state index contributed by atoms with van der Waals surface area (Å²) in [6.07, 6.45) is 1.49. The van der Waals surface area contributed by atoms with Gasteiger partial charge in [0.2, 0.25) is 11.8 Å². The van der Waals surface area contributed by atoms with Crippen molar-refractivity contribution in [2.75, 3.05) is 24.6 Å². The van der Waals surface area contributed by atoms with Gasteiger partial charge in [0.05, 0.1) is 11.5 Å². The maximum Gasteiger partial charge on any atom is 0.288 e. The van der Waals surface area contributed by atoms with Gasteiger partial charge in [-0.15, -0.1) is 11.3 Å². The quantitative estimate of drug-likeness (QED) is 0.611. The minimum atomic E-state index is -0.251. The number of carbonyl (C=O) groups excluding carboxylic acids is 3. The van der Waals surface area contributed by atoms with E-state index >= 15 is 0 Å². The minimum absolute atomic E-state index is 0.163. The van der Waals surface area contributed by atoms with Crippen LogP contribution in [0.1, 0.15) is 0 Å². The van der Waals surface area contributed by atoms with Crippen molar-refractivity contribution in [1.29, 1.82) is 0 Å². The molecule has 23 heavy (non-hydrogen) atoms. The van der Waals surface area contributed by atoms with Gasteiger partial charge in [0.25, 0.3) is 5.24 Å². The van der Waals surface area contributed by atoms with Crippen molar-refractivity contribution in [2.45, 2.75) is 5.03 Å². The number of nitrogens with one attached hydrogen (secondary N) is 1. The van der Waals surface area contributed by atoms with Crippen molar-refractivity contribution in [3.8, 4) is 0 Å². The smallest absolute Gasteiger partial charge is 0.288 e. The highest BCUT2D eigenvalue weighted by molar-refractivity contribution is 8.14. The molecule has 0 bridgehead atoms. The lowest BCUT2D eigenvalue weighted by atomic mass is 10.4. The Balaban J connectivity index is 1.46. The summed E-state index contributed by atoms with van der Waals surface area (Å²) in [7, 11) is 0. The number of nitrogens with zero attached hydrogens (tertiary/aromatic N) is 3. The summed E-state index contributed by atoms with van der Waals surface area (Å²) in [5, 5.41) is 6.11. The van der Waals surface area contributed by atoms with Gasteiger partial charge in [-0.1, -0.05) is 23.5 Å². The van der Waals surface area contributed by atoms with Gasteiger partial charge in [0.15, 0.2) is 0 Å². The molecule has 1 saturated heterocycles. The van der Waals surface area contributed by atoms with Crippen LogP contribution in [0, 0.1) is 0 Å². The second kappa shape index (κ2) is 7.28. The number of imide groups is 1. The molecule has 3 amide bonds. The van der Waals surface area contributed by atoms with E-state index in [1.807, 2.05) is 11.4 Å². The first-order valence-electron chi connectivity index (χ1n) is 6.70. The standard InChI is InChI=1S/C13H12N4O3S3/c18-9(14-2-3-17-10(19)6-23-13(17)20)5-22-12-8-1-4-21-11(8)15-7-16-12/h1,4,7H,2-3,5-6H2,(H,14,18). The van der Waals surface area contributed by atoms with E-state index in [0.717, 1.165) is 31.9 Å². The Labute approximate surface area is 144 Å². The Morgan fingerprint density at radius 2 is 2.26 bits per heavy atom. The fourth-order valence-electron chi connectivity index (χ4n) is 1.97. The number of carbonyl (C=O) groups is 3. The van der Waals surface area contributed by atoms with Crippen LogP contribution in [-0.4, -0.2) is 56.5 Å². The third-order valence-corrected chi connectivity index (χ3v) is 5.75. The average molecular weight is 368 g/mol. The molecule has 1 N–H and O–H groups in total. The summed E-state index contributed by atoms with van der Waals surface area (Å²) in [5.41, 5.74) is 0. The Kier molecular flexibility index (Phi) is 5.13. The van der Waals surface area contributed by atoms with E-state index < -0.39 is 0 Å². The van der Waals surface area contributed by atoms with Crippen molar-refractivity contribution < 1.29 is 14.4 Å². The topological polar surface area (TPSA) is 92.3 Å². The van der Waals surface area contributed by atoms with Crippen LogP contribution in [0.25, 0.3) is 10.2 Å². The van der Waals surface area contributed by atoms with Crippen LogP contribution in [0.2, 0.25) is 0 Å². The molecular formula is C13H12N4O3S3. The van der Waals surface area contributed by atoms with Crippen molar-refractivity contribution >= 4 is 62.1 Å². The van der Waals surface area contributed by atoms with Crippen LogP contribution in [0.15, 0.2) is 22.8 Å². The Morgan fingerprint density at radius 3 is 3.04 bits per heavy atom. The Hall–Kier alpha value is -1.65. The van der Waals surface area contributed by atoms with Gasteiger partial charge >= 0.3 is 0 Å². The molecule has 2 aromatic rings. The van der Waals surface area contributed by atoms with Gasteiger partial charge in [0.1, 0.15) is 16.2 Å². The molecule has 0 aliphatic carbocycles. The van der Waals surface area contributed by atoms with E-state index in [1.54, 1.807) is 0 Å². The van der Waals surface area contributed by atoms with Gasteiger partial charge in [-0.3, -0.25) is 19.3 Å². The molecular weight excluding hydrogens is 356 g/mol. The average Bonchev–Trinajstić information content (AvgIpc) is 3.14. The van der Waals surface area contributed by atoms with Crippen molar-refractivity contribution in [1.82, 2.24) is 20.2 Å². The van der Waals surface area contributed by atoms with Crippen molar-refractivity contribution in [3.05, 3.63) is 17.8 Å². The zero-order chi connectivity index (χ0) is 16.2. The lowest BCUT2D eigenvalue weighted by Crippen LogP contribution is -2.38. The molecule has 0 atom stereocenters. The lowest BCUT2D eigenvalue weighted by Gasteiger charge is -2.12. The molecule has 1 fully saturated rings. The second-order valence-electron chi connectivity index (χ2n) is 4.56.